The molecule has 0 radical (unpaired) electrons. The average molecular weight is 487 g/mol. The van der Waals surface area contributed by atoms with Crippen molar-refractivity contribution in [2.45, 2.75) is 26.6 Å². The summed E-state index contributed by atoms with van der Waals surface area (Å²) in [5.74, 6) is 1.64. The van der Waals surface area contributed by atoms with Crippen LogP contribution in [0.5, 0.6) is 5.75 Å². The molecule has 10 heteroatoms. The van der Waals surface area contributed by atoms with E-state index in [0.29, 0.717) is 18.0 Å². The molecule has 1 fully saturated rings. The van der Waals surface area contributed by atoms with Gasteiger partial charge in [-0.3, -0.25) is 19.2 Å². The van der Waals surface area contributed by atoms with Crippen molar-refractivity contribution in [2.75, 3.05) is 39.8 Å². The number of thiophene rings is 1. The molecule has 0 atom stereocenters. The molecule has 1 N–H and O–H groups in total. The molecule has 1 aliphatic heterocycles. The number of nitrogens with zero attached hydrogens (tertiary/aromatic N) is 5. The van der Waals surface area contributed by atoms with Gasteiger partial charge in [-0.25, -0.2) is 4.68 Å². The average Bonchev–Trinajstić information content (AvgIpc) is 3.43. The molecule has 1 aromatic carbocycles. The Balaban J connectivity index is 1.53. The van der Waals surface area contributed by atoms with Crippen molar-refractivity contribution in [1.29, 1.82) is 0 Å². The first-order valence-electron chi connectivity index (χ1n) is 11.1. The molecule has 0 bridgehead atoms. The molecule has 33 heavy (non-hydrogen) atoms. The summed E-state index contributed by atoms with van der Waals surface area (Å²) in [4.78, 5) is 17.6. The summed E-state index contributed by atoms with van der Waals surface area (Å²) in [7, 11) is 1.67. The van der Waals surface area contributed by atoms with E-state index in [1.807, 2.05) is 58.8 Å². The first-order chi connectivity index (χ1) is 16.0. The number of ether oxygens (including phenoxy) is 1. The molecule has 0 spiro atoms. The third kappa shape index (κ3) is 5.52. The molecular weight excluding hydrogens is 456 g/mol. The molecule has 8 nitrogen and oxygen atoms in total. The summed E-state index contributed by atoms with van der Waals surface area (Å²) in [5.41, 5.74) is 0.876. The molecule has 1 aliphatic rings. The van der Waals surface area contributed by atoms with E-state index in [9.17, 15) is 4.79 Å². The lowest BCUT2D eigenvalue weighted by Crippen LogP contribution is -2.50. The van der Waals surface area contributed by atoms with Crippen molar-refractivity contribution in [3.8, 4) is 22.1 Å². The highest BCUT2D eigenvalue weighted by Gasteiger charge is 2.22. The van der Waals surface area contributed by atoms with Crippen LogP contribution < -0.4 is 10.1 Å². The van der Waals surface area contributed by atoms with Gasteiger partial charge in [-0.15, -0.1) is 16.4 Å². The number of nitrogens with one attached hydrogen (secondary N) is 1. The van der Waals surface area contributed by atoms with Gasteiger partial charge in [0.1, 0.15) is 5.75 Å². The number of aromatic nitrogens is 3. The van der Waals surface area contributed by atoms with Gasteiger partial charge in [0.15, 0.2) is 5.82 Å². The van der Waals surface area contributed by atoms with Crippen LogP contribution in [0.25, 0.3) is 16.4 Å². The van der Waals surface area contributed by atoms with E-state index in [4.69, 9.17) is 22.1 Å². The first-order valence-corrected chi connectivity index (χ1v) is 12.4. The highest BCUT2D eigenvalue weighted by atomic mass is 32.1. The summed E-state index contributed by atoms with van der Waals surface area (Å²) >= 11 is 7.52. The van der Waals surface area contributed by atoms with Crippen LogP contribution >= 0.6 is 23.6 Å². The summed E-state index contributed by atoms with van der Waals surface area (Å²) in [5, 5.41) is 9.91. The SMILES string of the molecule is COc1ccccc1-n1c(-c2cccs2)nn(CN2CCN(CC(=O)NC(C)C)CC2)c1=S. The van der Waals surface area contributed by atoms with Gasteiger partial charge >= 0.3 is 0 Å². The van der Waals surface area contributed by atoms with Crippen LogP contribution in [-0.4, -0.2) is 75.9 Å². The summed E-state index contributed by atoms with van der Waals surface area (Å²) < 4.78 is 10.1. The van der Waals surface area contributed by atoms with Crippen molar-refractivity contribution in [3.05, 3.63) is 46.5 Å². The molecule has 0 unspecified atom stereocenters. The Bertz CT molecular complexity index is 1130. The first kappa shape index (κ1) is 23.6. The number of amides is 1. The molecule has 0 aliphatic carbocycles. The maximum absolute atomic E-state index is 12.1. The number of rotatable bonds is 8. The molecule has 3 heterocycles. The molecule has 4 rings (SSSR count). The molecular formula is C23H30N6O2S2. The monoisotopic (exact) mass is 486 g/mol. The highest BCUT2D eigenvalue weighted by molar-refractivity contribution is 7.71. The Morgan fingerprint density at radius 2 is 1.88 bits per heavy atom. The summed E-state index contributed by atoms with van der Waals surface area (Å²) in [6.07, 6.45) is 0. The van der Waals surface area contributed by atoms with Crippen molar-refractivity contribution in [3.63, 3.8) is 0 Å². The van der Waals surface area contributed by atoms with Gasteiger partial charge in [0.05, 0.1) is 30.9 Å². The molecule has 0 saturated carbocycles. The smallest absolute Gasteiger partial charge is 0.234 e. The van der Waals surface area contributed by atoms with Gasteiger partial charge in [0.2, 0.25) is 10.7 Å². The van der Waals surface area contributed by atoms with Gasteiger partial charge in [0.25, 0.3) is 0 Å². The van der Waals surface area contributed by atoms with E-state index >= 15 is 0 Å². The topological polar surface area (TPSA) is 67.6 Å². The third-order valence-electron chi connectivity index (χ3n) is 5.52. The van der Waals surface area contributed by atoms with Gasteiger partial charge in [-0.2, -0.15) is 0 Å². The predicted octanol–water partition coefficient (Wildman–Crippen LogP) is 3.24. The Morgan fingerprint density at radius 1 is 1.15 bits per heavy atom. The minimum atomic E-state index is 0.0804. The van der Waals surface area contributed by atoms with Gasteiger partial charge in [0, 0.05) is 32.2 Å². The number of hydrogen-bond acceptors (Lipinski definition) is 7. The highest BCUT2D eigenvalue weighted by Crippen LogP contribution is 2.30. The molecule has 1 amide bonds. The zero-order valence-electron chi connectivity index (χ0n) is 19.2. The Kier molecular flexibility index (Phi) is 7.59. The number of piperazine rings is 1. The van der Waals surface area contributed by atoms with Crippen LogP contribution in [0.4, 0.5) is 0 Å². The third-order valence-corrected chi connectivity index (χ3v) is 6.78. The van der Waals surface area contributed by atoms with Crippen LogP contribution in [-0.2, 0) is 11.5 Å². The number of carbonyl (C=O) groups is 1. The van der Waals surface area contributed by atoms with Gasteiger partial charge < -0.3 is 10.1 Å². The second-order valence-corrected chi connectivity index (χ2v) is 9.66. The Hall–Kier alpha value is -2.53. The van der Waals surface area contributed by atoms with E-state index in [1.165, 1.54) is 0 Å². The van der Waals surface area contributed by atoms with Crippen molar-refractivity contribution in [1.82, 2.24) is 29.5 Å². The maximum atomic E-state index is 12.1. The zero-order chi connectivity index (χ0) is 23.4. The Morgan fingerprint density at radius 3 is 2.55 bits per heavy atom. The maximum Gasteiger partial charge on any atom is 0.234 e. The van der Waals surface area contributed by atoms with E-state index in [1.54, 1.807) is 18.4 Å². The second-order valence-electron chi connectivity index (χ2n) is 8.35. The van der Waals surface area contributed by atoms with Crippen molar-refractivity contribution in [2.24, 2.45) is 0 Å². The summed E-state index contributed by atoms with van der Waals surface area (Å²) in [6.45, 7) is 8.39. The molecule has 176 valence electrons. The normalized spacial score (nSPS) is 15.2. The number of carbonyl (C=O) groups excluding carboxylic acids is 1. The fraction of sp³-hybridized carbons (Fsp3) is 0.435. The fourth-order valence-corrected chi connectivity index (χ4v) is 4.93. The van der Waals surface area contributed by atoms with Crippen LogP contribution in [0.1, 0.15) is 13.8 Å². The fourth-order valence-electron chi connectivity index (χ4n) is 3.95. The molecule has 2 aromatic heterocycles. The predicted molar refractivity (Wildman–Crippen MR) is 134 cm³/mol. The number of hydrogen-bond donors (Lipinski definition) is 1. The van der Waals surface area contributed by atoms with E-state index in [2.05, 4.69) is 21.2 Å². The largest absolute Gasteiger partial charge is 0.495 e. The number of benzene rings is 1. The van der Waals surface area contributed by atoms with Crippen LogP contribution in [0.2, 0.25) is 0 Å². The Labute approximate surface area is 203 Å². The minimum Gasteiger partial charge on any atom is -0.495 e. The minimum absolute atomic E-state index is 0.0804. The van der Waals surface area contributed by atoms with E-state index in [0.717, 1.165) is 48.3 Å². The van der Waals surface area contributed by atoms with Gasteiger partial charge in [-0.05, 0) is 49.6 Å². The standard InChI is InChI=1S/C23H30N6O2S2/c1-17(2)24-21(30)15-26-10-12-27(13-11-26)16-28-23(32)29(18-7-4-5-8-19(18)31-3)22(25-28)20-9-6-14-33-20/h4-9,14,17H,10-13,15-16H2,1-3H3,(H,24,30). The lowest BCUT2D eigenvalue weighted by atomic mass is 10.3. The van der Waals surface area contributed by atoms with Crippen molar-refractivity contribution >= 4 is 29.5 Å². The summed E-state index contributed by atoms with van der Waals surface area (Å²) in [6, 6.07) is 12.1. The van der Waals surface area contributed by atoms with Crippen molar-refractivity contribution < 1.29 is 9.53 Å². The van der Waals surface area contributed by atoms with E-state index < -0.39 is 0 Å². The lowest BCUT2D eigenvalue weighted by Gasteiger charge is -2.34. The zero-order valence-corrected chi connectivity index (χ0v) is 20.9. The van der Waals surface area contributed by atoms with Crippen LogP contribution in [0.15, 0.2) is 41.8 Å². The van der Waals surface area contributed by atoms with E-state index in [-0.39, 0.29) is 11.9 Å². The van der Waals surface area contributed by atoms with Crippen LogP contribution in [0.3, 0.4) is 0 Å². The van der Waals surface area contributed by atoms with Gasteiger partial charge in [-0.1, -0.05) is 18.2 Å². The number of para-hydroxylation sites is 2. The lowest BCUT2D eigenvalue weighted by molar-refractivity contribution is -0.123. The van der Waals surface area contributed by atoms with Crippen LogP contribution in [0, 0.1) is 4.77 Å². The second kappa shape index (κ2) is 10.6. The quantitative estimate of drug-likeness (QED) is 0.493. The number of methoxy groups -OCH3 is 1. The molecule has 3 aromatic rings. The molecule has 1 saturated heterocycles.